The van der Waals surface area contributed by atoms with Crippen molar-refractivity contribution in [3.8, 4) is 5.75 Å². The molecule has 1 aromatic carbocycles. The first-order valence-corrected chi connectivity index (χ1v) is 8.24. The van der Waals surface area contributed by atoms with Gasteiger partial charge in [0, 0.05) is 5.56 Å². The van der Waals surface area contributed by atoms with Crippen LogP contribution in [0.4, 0.5) is 0 Å². The normalized spacial score (nSPS) is 12.7. The topological polar surface area (TPSA) is 21.3 Å². The molecule has 19 heavy (non-hydrogen) atoms. The summed E-state index contributed by atoms with van der Waals surface area (Å²) in [4.78, 5) is 0. The number of rotatable bonds is 5. The zero-order chi connectivity index (χ0) is 13.8. The number of nitrogens with one attached hydrogen (secondary N) is 1. The SMILES string of the molecule is CNC(c1csc(I)c1)c1ccccc1OC(C)C. The second-order valence-electron chi connectivity index (χ2n) is 4.61. The Morgan fingerprint density at radius 1 is 1.26 bits per heavy atom. The first-order valence-electron chi connectivity index (χ1n) is 6.28. The second-order valence-corrected chi connectivity index (χ2v) is 7.42. The highest BCUT2D eigenvalue weighted by Crippen LogP contribution is 2.32. The van der Waals surface area contributed by atoms with Gasteiger partial charge in [0.25, 0.3) is 0 Å². The van der Waals surface area contributed by atoms with Gasteiger partial charge in [-0.1, -0.05) is 18.2 Å². The first-order chi connectivity index (χ1) is 9.11. The van der Waals surface area contributed by atoms with Gasteiger partial charge in [-0.3, -0.25) is 0 Å². The number of thiophene rings is 1. The van der Waals surface area contributed by atoms with E-state index < -0.39 is 0 Å². The van der Waals surface area contributed by atoms with Gasteiger partial charge in [0.05, 0.1) is 15.0 Å². The molecule has 1 unspecified atom stereocenters. The Hall–Kier alpha value is -0.590. The Morgan fingerprint density at radius 3 is 2.58 bits per heavy atom. The second kappa shape index (κ2) is 6.72. The van der Waals surface area contributed by atoms with Gasteiger partial charge in [-0.05, 0) is 66.6 Å². The van der Waals surface area contributed by atoms with Gasteiger partial charge in [-0.15, -0.1) is 11.3 Å². The highest BCUT2D eigenvalue weighted by Gasteiger charge is 2.18. The number of hydrogen-bond acceptors (Lipinski definition) is 3. The molecular weight excluding hydrogens is 369 g/mol. The molecule has 0 saturated carbocycles. The van der Waals surface area contributed by atoms with E-state index in [1.807, 2.05) is 19.2 Å². The molecule has 2 rings (SSSR count). The van der Waals surface area contributed by atoms with Gasteiger partial charge in [0.1, 0.15) is 5.75 Å². The highest BCUT2D eigenvalue weighted by molar-refractivity contribution is 14.1. The highest BCUT2D eigenvalue weighted by atomic mass is 127. The van der Waals surface area contributed by atoms with Crippen molar-refractivity contribution in [2.75, 3.05) is 7.05 Å². The molecule has 1 N–H and O–H groups in total. The summed E-state index contributed by atoms with van der Waals surface area (Å²) < 4.78 is 7.22. The van der Waals surface area contributed by atoms with Gasteiger partial charge >= 0.3 is 0 Å². The van der Waals surface area contributed by atoms with Crippen LogP contribution in [0.2, 0.25) is 0 Å². The minimum atomic E-state index is 0.176. The predicted octanol–water partition coefficient (Wildman–Crippen LogP) is 4.45. The summed E-state index contributed by atoms with van der Waals surface area (Å²) in [6, 6.07) is 10.6. The lowest BCUT2D eigenvalue weighted by molar-refractivity contribution is 0.238. The van der Waals surface area contributed by atoms with E-state index in [0.29, 0.717) is 0 Å². The summed E-state index contributed by atoms with van der Waals surface area (Å²) in [5, 5.41) is 5.59. The first kappa shape index (κ1) is 14.8. The van der Waals surface area contributed by atoms with Crippen LogP contribution in [0.3, 0.4) is 0 Å². The van der Waals surface area contributed by atoms with Crippen LogP contribution in [-0.2, 0) is 0 Å². The average molecular weight is 387 g/mol. The van der Waals surface area contributed by atoms with Crippen LogP contribution < -0.4 is 10.1 Å². The number of hydrogen-bond donors (Lipinski definition) is 1. The van der Waals surface area contributed by atoms with Crippen LogP contribution in [0.5, 0.6) is 5.75 Å². The Labute approximate surface area is 132 Å². The molecule has 102 valence electrons. The van der Waals surface area contributed by atoms with E-state index >= 15 is 0 Å². The van der Waals surface area contributed by atoms with Gasteiger partial charge < -0.3 is 10.1 Å². The largest absolute Gasteiger partial charge is 0.491 e. The van der Waals surface area contributed by atoms with Crippen molar-refractivity contribution in [2.45, 2.75) is 26.0 Å². The minimum Gasteiger partial charge on any atom is -0.491 e. The van der Waals surface area contributed by atoms with Crippen molar-refractivity contribution >= 4 is 33.9 Å². The lowest BCUT2D eigenvalue weighted by atomic mass is 10.0. The summed E-state index contributed by atoms with van der Waals surface area (Å²) in [6.45, 7) is 4.11. The number of ether oxygens (including phenoxy) is 1. The zero-order valence-electron chi connectivity index (χ0n) is 11.3. The van der Waals surface area contributed by atoms with E-state index in [1.54, 1.807) is 11.3 Å². The lowest BCUT2D eigenvalue weighted by Crippen LogP contribution is -2.19. The van der Waals surface area contributed by atoms with Gasteiger partial charge in [-0.25, -0.2) is 0 Å². The third kappa shape index (κ3) is 3.70. The van der Waals surface area contributed by atoms with Crippen molar-refractivity contribution in [2.24, 2.45) is 0 Å². The number of halogens is 1. The van der Waals surface area contributed by atoms with E-state index in [4.69, 9.17) is 4.74 Å². The van der Waals surface area contributed by atoms with Crippen LogP contribution in [0.25, 0.3) is 0 Å². The van der Waals surface area contributed by atoms with Crippen molar-refractivity contribution in [1.29, 1.82) is 0 Å². The fraction of sp³-hybridized carbons (Fsp3) is 0.333. The summed E-state index contributed by atoms with van der Waals surface area (Å²) in [5.74, 6) is 0.957. The van der Waals surface area contributed by atoms with Crippen LogP contribution in [0, 0.1) is 2.88 Å². The third-order valence-corrected chi connectivity index (χ3v) is 4.61. The molecule has 0 saturated heterocycles. The quantitative estimate of drug-likeness (QED) is 0.766. The van der Waals surface area contributed by atoms with Gasteiger partial charge in [0.15, 0.2) is 0 Å². The Kier molecular flexibility index (Phi) is 5.24. The molecule has 0 bridgehead atoms. The van der Waals surface area contributed by atoms with E-state index in [-0.39, 0.29) is 12.1 Å². The molecular formula is C15H18INOS. The molecule has 0 aliphatic heterocycles. The summed E-state index contributed by atoms with van der Waals surface area (Å²) in [5.41, 5.74) is 2.48. The molecule has 0 fully saturated rings. The Balaban J connectivity index is 2.38. The van der Waals surface area contributed by atoms with E-state index in [2.05, 4.69) is 65.3 Å². The van der Waals surface area contributed by atoms with Crippen LogP contribution in [-0.4, -0.2) is 13.2 Å². The van der Waals surface area contributed by atoms with E-state index in [1.165, 1.54) is 14.0 Å². The average Bonchev–Trinajstić information content (AvgIpc) is 2.78. The van der Waals surface area contributed by atoms with E-state index in [9.17, 15) is 0 Å². The summed E-state index contributed by atoms with van der Waals surface area (Å²) in [7, 11) is 1.99. The van der Waals surface area contributed by atoms with Crippen molar-refractivity contribution in [3.63, 3.8) is 0 Å². The molecule has 2 aromatic rings. The monoisotopic (exact) mass is 387 g/mol. The maximum absolute atomic E-state index is 5.92. The molecule has 0 aliphatic rings. The predicted molar refractivity (Wildman–Crippen MR) is 90.1 cm³/mol. The van der Waals surface area contributed by atoms with Crippen LogP contribution >= 0.6 is 33.9 Å². The maximum Gasteiger partial charge on any atom is 0.124 e. The van der Waals surface area contributed by atoms with Crippen LogP contribution in [0.15, 0.2) is 35.7 Å². The lowest BCUT2D eigenvalue weighted by Gasteiger charge is -2.20. The molecule has 1 atom stereocenters. The van der Waals surface area contributed by atoms with Gasteiger partial charge in [-0.2, -0.15) is 0 Å². The summed E-state index contributed by atoms with van der Waals surface area (Å²) in [6.07, 6.45) is 0.182. The number of para-hydroxylation sites is 1. The molecule has 2 nitrogen and oxygen atoms in total. The summed E-state index contributed by atoms with van der Waals surface area (Å²) >= 11 is 4.13. The smallest absolute Gasteiger partial charge is 0.124 e. The fourth-order valence-corrected chi connectivity index (χ4v) is 3.45. The number of benzene rings is 1. The van der Waals surface area contributed by atoms with Crippen molar-refractivity contribution in [3.05, 3.63) is 49.7 Å². The fourth-order valence-electron chi connectivity index (χ4n) is 2.06. The standard InChI is InChI=1S/C15H18INOS/c1-10(2)18-13-7-5-4-6-12(13)15(17-3)11-8-14(16)19-9-11/h4-10,15,17H,1-3H3. The molecule has 0 amide bonds. The molecule has 4 heteroatoms. The Morgan fingerprint density at radius 2 is 2.00 bits per heavy atom. The maximum atomic E-state index is 5.92. The molecule has 0 radical (unpaired) electrons. The molecule has 0 spiro atoms. The van der Waals surface area contributed by atoms with E-state index in [0.717, 1.165) is 5.75 Å². The third-order valence-electron chi connectivity index (χ3n) is 2.80. The van der Waals surface area contributed by atoms with Gasteiger partial charge in [0.2, 0.25) is 0 Å². The van der Waals surface area contributed by atoms with Crippen molar-refractivity contribution in [1.82, 2.24) is 5.32 Å². The van der Waals surface area contributed by atoms with Crippen molar-refractivity contribution < 1.29 is 4.74 Å². The Bertz CT molecular complexity index is 538. The molecule has 1 aromatic heterocycles. The van der Waals surface area contributed by atoms with Crippen LogP contribution in [0.1, 0.15) is 31.0 Å². The molecule has 0 aliphatic carbocycles. The molecule has 1 heterocycles. The zero-order valence-corrected chi connectivity index (χ0v) is 14.3. The minimum absolute atomic E-state index is 0.176.